The van der Waals surface area contributed by atoms with Gasteiger partial charge in [0.15, 0.2) is 17.9 Å². The minimum atomic E-state index is -2.41. The van der Waals surface area contributed by atoms with E-state index in [1.807, 2.05) is 38.9 Å². The minimum absolute atomic E-state index is 0. The Morgan fingerprint density at radius 3 is 1.26 bits per heavy atom. The van der Waals surface area contributed by atoms with Crippen molar-refractivity contribution in [3.05, 3.63) is 281 Å². The Bertz CT molecular complexity index is 5730. The summed E-state index contributed by atoms with van der Waals surface area (Å²) in [5, 5.41) is 37.0. The van der Waals surface area contributed by atoms with E-state index in [0.29, 0.717) is 87.6 Å². The van der Waals surface area contributed by atoms with Crippen LogP contribution in [0.4, 0.5) is 0 Å². The number of aromatic carboxylic acids is 2. The van der Waals surface area contributed by atoms with Crippen LogP contribution in [0.25, 0.3) is 29.1 Å². The number of carbonyl (C=O) groups is 4. The maximum atomic E-state index is 11.7. The lowest BCUT2D eigenvalue weighted by atomic mass is 10.2. The summed E-state index contributed by atoms with van der Waals surface area (Å²) in [5.74, 6) is 6.47. The van der Waals surface area contributed by atoms with E-state index in [-0.39, 0.29) is 52.7 Å². The van der Waals surface area contributed by atoms with Crippen molar-refractivity contribution >= 4 is 105 Å². The van der Waals surface area contributed by atoms with E-state index in [1.165, 1.54) is 69.1 Å². The normalized spacial score (nSPS) is 15.3. The SMILES string of the molecule is C.C1CCOC1.CI.COC(=O)c1cccnc1-n1ccnc1C1CC1.O=C(O)c1cccnc1-n1ccnc1C1CC1.O=C(O)c1cccnc1Br.O=S(Cl)Cl.[2H]C([2H])(Cl)c1cccnc1-n1ccnc1C1CC1.[2H]C([2H])(O)c1cccnc1-n1ccnc1C1CC1.[2H]C([2H])(Oc1cccc(O)c1C=O)c1cccnc1-n1ccnc1C1CC1.[2H]CC.c1c[nH]c(C2CC2)n1. The first-order chi connectivity index (χ1) is 62.6. The average Bonchev–Trinajstić information content (AvgIpc) is 1.79. The van der Waals surface area contributed by atoms with Gasteiger partial charge in [-0.05, 0) is 177 Å². The Hall–Kier alpha value is -10.8. The van der Waals surface area contributed by atoms with Crippen LogP contribution in [-0.4, -0.2) is 162 Å². The van der Waals surface area contributed by atoms with Crippen molar-refractivity contribution in [2.75, 3.05) is 25.3 Å². The quantitative estimate of drug-likeness (QED) is 0.0118. The molecule has 5 N–H and O–H groups in total. The molecule has 1 aliphatic heterocycles. The first kappa shape index (κ1) is 86.7. The number of pyridine rings is 6. The molecule has 0 bridgehead atoms. The summed E-state index contributed by atoms with van der Waals surface area (Å²) in [5.41, 5.74) is 1.46. The van der Waals surface area contributed by atoms with E-state index in [4.69, 9.17) is 49.8 Å². The number of hydrogen-bond acceptors (Lipinski definition) is 22. The first-order valence-electron chi connectivity index (χ1n) is 42.7. The lowest BCUT2D eigenvalue weighted by molar-refractivity contribution is 0.0598. The van der Waals surface area contributed by atoms with Crippen molar-refractivity contribution in [1.82, 2.24) is 87.6 Å². The second-order valence-corrected chi connectivity index (χ2v) is 30.9. The Morgan fingerprint density at radius 1 is 0.540 bits per heavy atom. The molecule has 0 spiro atoms. The fourth-order valence-corrected chi connectivity index (χ4v) is 12.6. The third kappa shape index (κ3) is 28.4. The molecule has 30 nitrogen and oxygen atoms in total. The molecule has 20 rings (SSSR count). The third-order valence-corrected chi connectivity index (χ3v) is 19.6. The van der Waals surface area contributed by atoms with Gasteiger partial charge in [-0.3, -0.25) is 27.6 Å². The number of phenols is 1. The Morgan fingerprint density at radius 2 is 0.903 bits per heavy atom. The zero-order chi connectivity index (χ0) is 93.7. The van der Waals surface area contributed by atoms with Crippen molar-refractivity contribution in [3.63, 3.8) is 0 Å². The molecule has 1 saturated heterocycles. The van der Waals surface area contributed by atoms with Gasteiger partial charge in [-0.15, -0.1) is 11.6 Å². The molecule has 13 aromatic rings. The van der Waals surface area contributed by atoms with E-state index < -0.39 is 40.1 Å². The molecule has 6 aliphatic carbocycles. The van der Waals surface area contributed by atoms with E-state index in [2.05, 4.69) is 125 Å². The van der Waals surface area contributed by atoms with Gasteiger partial charge in [-0.2, -0.15) is 0 Å². The summed E-state index contributed by atoms with van der Waals surface area (Å²) in [7, 11) is 8.73. The number of halogens is 5. The number of carboxylic acids is 2. The third-order valence-electron chi connectivity index (χ3n) is 18.7. The molecule has 7 aliphatic rings. The molecule has 0 atom stereocenters. The maximum Gasteiger partial charge on any atom is 0.341 e. The van der Waals surface area contributed by atoms with Crippen LogP contribution in [0.5, 0.6) is 11.5 Å². The number of carboxylic acid groups (broad SMARTS) is 2. The number of phenolic OH excluding ortho intramolecular Hbond substituents is 1. The standard InChI is InChI=1S/C19H17N3O3.C13H13N3O2.C12H12ClN3.C12H11N3O2.C12H13N3O.C6H4BrNO2.C6H8N2.C4H8O.C2H6.CH3I.CH4.Cl2OS/c23-11-15-16(24)4-1-5-17(15)25-12-14-3-2-8-20-19(14)22-10-9-21-18(22)13-6-7-13;1-18-13(17)10-3-2-6-14-12(10)16-8-7-15-11(16)9-4-5-9;13-8-10-2-1-5-14-12(10)16-7-6-15-11(16)9-3-4-9;16-12(17)9-2-1-5-13-11(9)15-7-6-14-10(15)8-3-4-8;16-8-10-2-1-5-13-12(10)15-7-6-14-11(15)9-3-4-9;7-5-4(6(9)10)2-1-3-8-5;1-2-5(1)6-7-3-4-8-6;1-2-4-5-3-1;2*1-2;;1-4(2)3/h1-5,8-11,13,24H,6-7,12H2;2-3,6-9H,4-5H2,1H3;1-2,5-7,9H,3-4,8H2;1-2,5-8H,3-4H2,(H,16,17);1-2,5-7,9,16H,3-4,8H2;1-3H,(H,9,10);3-5H,1-2H2,(H,7,8);1-4H2;1-2H3;1H3;1H4;/i12D2;;8D2;;8D2;;;;1D;;;. The number of benzene rings is 1. The summed E-state index contributed by atoms with van der Waals surface area (Å²) in [6, 6.07) is 23.7. The molecule has 13 heterocycles. The van der Waals surface area contributed by atoms with Gasteiger partial charge in [0.25, 0.3) is 0 Å². The largest absolute Gasteiger partial charge is 0.507 e. The number of rotatable bonds is 20. The van der Waals surface area contributed by atoms with E-state index >= 15 is 0 Å². The van der Waals surface area contributed by atoms with Gasteiger partial charge >= 0.3 is 17.9 Å². The molecule has 654 valence electrons. The summed E-state index contributed by atoms with van der Waals surface area (Å²) in [6.07, 6.45) is 47.4. The van der Waals surface area contributed by atoms with Crippen molar-refractivity contribution < 1.29 is 67.6 Å². The zero-order valence-electron chi connectivity index (χ0n) is 74.1. The highest BCUT2D eigenvalue weighted by atomic mass is 127. The summed E-state index contributed by atoms with van der Waals surface area (Å²) >= 11 is 10.9. The van der Waals surface area contributed by atoms with Gasteiger partial charge in [-0.1, -0.05) is 68.1 Å². The van der Waals surface area contributed by atoms with Gasteiger partial charge in [0.2, 0.25) is 9.23 Å². The lowest BCUT2D eigenvalue weighted by Crippen LogP contribution is -2.10. The number of imidazole rings is 6. The number of aromatic hydroxyl groups is 1. The number of aliphatic hydroxyl groups is 1. The predicted octanol–water partition coefficient (Wildman–Crippen LogP) is 18.9. The number of aromatic amines is 1. The van der Waals surface area contributed by atoms with Crippen LogP contribution < -0.4 is 4.74 Å². The molecule has 0 amide bonds. The molecule has 12 aromatic heterocycles. The minimum Gasteiger partial charge on any atom is -0.507 e. The number of aldehydes is 1. The van der Waals surface area contributed by atoms with Crippen molar-refractivity contribution in [3.8, 4) is 40.6 Å². The molecule has 7 fully saturated rings. The number of ether oxygens (including phenoxy) is 3. The first-order valence-corrected chi connectivity index (χ1v) is 45.2. The fourth-order valence-electron chi connectivity index (χ4n) is 12.1. The Balaban J connectivity index is 0.000000171. The molecule has 0 unspecified atom stereocenters. The summed E-state index contributed by atoms with van der Waals surface area (Å²) in [4.78, 5) is 100. The number of hydrogen-bond donors (Lipinski definition) is 5. The highest BCUT2D eigenvalue weighted by Gasteiger charge is 2.34. The van der Waals surface area contributed by atoms with Crippen LogP contribution in [-0.2, 0) is 37.7 Å². The molecule has 6 saturated carbocycles. The van der Waals surface area contributed by atoms with Crippen LogP contribution >= 0.6 is 71.5 Å². The number of nitrogens with zero attached hydrogens (tertiary/aromatic N) is 17. The Kier molecular flexibility index (Phi) is 35.1. The van der Waals surface area contributed by atoms with Gasteiger partial charge in [0.05, 0.1) is 36.1 Å². The number of methoxy groups -OCH3 is 1. The zero-order valence-corrected chi connectivity index (χ0v) is 73.9. The average molecular weight is 1950 g/mol. The number of esters is 1. The second-order valence-electron chi connectivity index (χ2n) is 27.4. The van der Waals surface area contributed by atoms with Crippen molar-refractivity contribution in [2.45, 2.75) is 166 Å². The summed E-state index contributed by atoms with van der Waals surface area (Å²) in [6.45, 7) is -0.408. The van der Waals surface area contributed by atoms with Crippen molar-refractivity contribution in [2.24, 2.45) is 0 Å². The number of H-pyrrole nitrogens is 1. The second kappa shape index (κ2) is 50.2. The van der Waals surface area contributed by atoms with Crippen LogP contribution in [0.1, 0.15) is 249 Å². The van der Waals surface area contributed by atoms with Crippen LogP contribution in [0.15, 0.2) is 207 Å². The lowest BCUT2D eigenvalue weighted by Gasteiger charge is -2.13. The topological polar surface area (TPSA) is 389 Å². The smallest absolute Gasteiger partial charge is 0.341 e. The van der Waals surface area contributed by atoms with Crippen molar-refractivity contribution in [1.29, 1.82) is 0 Å². The number of carbonyl (C=O) groups excluding carboxylic acids is 2. The van der Waals surface area contributed by atoms with E-state index in [1.54, 1.807) is 168 Å². The summed E-state index contributed by atoms with van der Waals surface area (Å²) < 4.78 is 87.1. The molecular weight excluding hydrogens is 1850 g/mol. The highest BCUT2D eigenvalue weighted by molar-refractivity contribution is 14.1. The Labute approximate surface area is 767 Å². The van der Waals surface area contributed by atoms with E-state index in [0.717, 1.165) is 112 Å². The molecule has 124 heavy (non-hydrogen) atoms. The molecule has 0 radical (unpaired) electrons. The predicted molar refractivity (Wildman–Crippen MR) is 486 cm³/mol. The van der Waals surface area contributed by atoms with Gasteiger partial charge < -0.3 is 39.6 Å². The van der Waals surface area contributed by atoms with Crippen LogP contribution in [0.2, 0.25) is 0 Å². The number of alkyl halides is 2. The molecule has 1 aromatic carbocycles. The van der Waals surface area contributed by atoms with Gasteiger partial charge in [0, 0.05) is 202 Å². The maximum absolute atomic E-state index is 11.7. The molecule has 36 heteroatoms. The van der Waals surface area contributed by atoms with Gasteiger partial charge in [-0.25, -0.2) is 78.4 Å². The number of aromatic nitrogens is 18. The molecular formula is C88H99BrCl3IN18O12S. The van der Waals surface area contributed by atoms with Gasteiger partial charge in [0.1, 0.15) is 86.2 Å². The fraction of sp³-hybridized carbons (Fsp3) is 0.341. The van der Waals surface area contributed by atoms with E-state index in [9.17, 15) is 29.4 Å². The monoisotopic (exact) mass is 1950 g/mol. The highest BCUT2D eigenvalue weighted by Crippen LogP contribution is 2.44. The number of nitrogens with one attached hydrogen (secondary N) is 1. The van der Waals surface area contributed by atoms with Crippen LogP contribution in [0.3, 0.4) is 0 Å². The van der Waals surface area contributed by atoms with Crippen LogP contribution in [0, 0.1) is 0 Å².